The first-order chi connectivity index (χ1) is 12.4. The van der Waals surface area contributed by atoms with E-state index in [1.54, 1.807) is 12.1 Å². The van der Waals surface area contributed by atoms with Gasteiger partial charge in [-0.3, -0.25) is 4.79 Å². The summed E-state index contributed by atoms with van der Waals surface area (Å²) < 4.78 is 43.7. The number of carbonyl (C=O) groups is 1. The number of alkyl halides is 3. The van der Waals surface area contributed by atoms with Gasteiger partial charge in [-0.05, 0) is 29.8 Å². The zero-order chi connectivity index (χ0) is 18.7. The number of hydrogen-bond acceptors (Lipinski definition) is 5. The number of halogens is 3. The Labute approximate surface area is 148 Å². The summed E-state index contributed by atoms with van der Waals surface area (Å²) in [4.78, 5) is 13.4. The molecular formula is C17H17F3N4O2. The molecule has 0 radical (unpaired) electrons. The van der Waals surface area contributed by atoms with Crippen LogP contribution in [0.5, 0.6) is 0 Å². The fourth-order valence-corrected chi connectivity index (χ4v) is 2.69. The van der Waals surface area contributed by atoms with Crippen molar-refractivity contribution in [3.8, 4) is 0 Å². The van der Waals surface area contributed by atoms with Crippen LogP contribution in [-0.4, -0.2) is 42.8 Å². The van der Waals surface area contributed by atoms with Gasteiger partial charge < -0.3 is 15.0 Å². The number of ether oxygens (including phenoxy) is 1. The Balaban J connectivity index is 1.72. The molecule has 2 heterocycles. The Morgan fingerprint density at radius 1 is 1.19 bits per heavy atom. The van der Waals surface area contributed by atoms with E-state index >= 15 is 0 Å². The highest BCUT2D eigenvalue weighted by Gasteiger charge is 2.31. The Kier molecular flexibility index (Phi) is 5.08. The normalized spacial score (nSPS) is 17.8. The standard InChI is InChI=1S/C17H17F3N4O2/c1-21-16(25)13-6-7-15(23-22-13)24-8-9-26-14(10-24)11-2-4-12(5-3-11)17(18,19)20/h2-7,14H,8-10H2,1H3,(H,21,25). The summed E-state index contributed by atoms with van der Waals surface area (Å²) in [6, 6.07) is 8.22. The maximum Gasteiger partial charge on any atom is 0.416 e. The molecule has 1 aromatic heterocycles. The maximum atomic E-state index is 12.7. The predicted molar refractivity (Wildman–Crippen MR) is 87.8 cm³/mol. The van der Waals surface area contributed by atoms with Crippen LogP contribution in [0.1, 0.15) is 27.7 Å². The molecule has 1 fully saturated rings. The Bertz CT molecular complexity index is 763. The van der Waals surface area contributed by atoms with E-state index in [0.717, 1.165) is 12.1 Å². The highest BCUT2D eigenvalue weighted by molar-refractivity contribution is 5.91. The average molecular weight is 366 g/mol. The number of rotatable bonds is 3. The van der Waals surface area contributed by atoms with Crippen LogP contribution in [0.25, 0.3) is 0 Å². The number of anilines is 1. The summed E-state index contributed by atoms with van der Waals surface area (Å²) in [7, 11) is 1.51. The van der Waals surface area contributed by atoms with Crippen molar-refractivity contribution < 1.29 is 22.7 Å². The van der Waals surface area contributed by atoms with E-state index in [1.165, 1.54) is 19.2 Å². The van der Waals surface area contributed by atoms with Crippen molar-refractivity contribution in [2.75, 3.05) is 31.6 Å². The molecule has 1 aliphatic rings. The molecule has 26 heavy (non-hydrogen) atoms. The molecule has 3 rings (SSSR count). The zero-order valence-corrected chi connectivity index (χ0v) is 14.0. The molecule has 1 aromatic carbocycles. The van der Waals surface area contributed by atoms with Gasteiger partial charge >= 0.3 is 6.18 Å². The van der Waals surface area contributed by atoms with Gasteiger partial charge in [-0.25, -0.2) is 0 Å². The SMILES string of the molecule is CNC(=O)c1ccc(N2CCOC(c3ccc(C(F)(F)F)cc3)C2)nn1. The van der Waals surface area contributed by atoms with Crippen LogP contribution >= 0.6 is 0 Å². The molecule has 0 aliphatic carbocycles. The lowest BCUT2D eigenvalue weighted by atomic mass is 10.1. The first-order valence-corrected chi connectivity index (χ1v) is 7.98. The summed E-state index contributed by atoms with van der Waals surface area (Å²) >= 11 is 0. The molecule has 138 valence electrons. The lowest BCUT2D eigenvalue weighted by Gasteiger charge is -2.33. The lowest BCUT2D eigenvalue weighted by Crippen LogP contribution is -2.39. The fourth-order valence-electron chi connectivity index (χ4n) is 2.69. The Hall–Kier alpha value is -2.68. The molecule has 0 spiro atoms. The largest absolute Gasteiger partial charge is 0.416 e. The third kappa shape index (κ3) is 3.93. The van der Waals surface area contributed by atoms with Gasteiger partial charge in [0.1, 0.15) is 6.10 Å². The molecule has 1 unspecified atom stereocenters. The molecule has 0 saturated carbocycles. The van der Waals surface area contributed by atoms with Gasteiger partial charge in [0.05, 0.1) is 12.2 Å². The number of hydrogen-bond donors (Lipinski definition) is 1. The van der Waals surface area contributed by atoms with Crippen LogP contribution in [0.3, 0.4) is 0 Å². The quantitative estimate of drug-likeness (QED) is 0.904. The zero-order valence-electron chi connectivity index (χ0n) is 14.0. The van der Waals surface area contributed by atoms with Crippen LogP contribution in [0, 0.1) is 0 Å². The van der Waals surface area contributed by atoms with Gasteiger partial charge in [-0.1, -0.05) is 12.1 Å². The van der Waals surface area contributed by atoms with Crippen LogP contribution in [0.4, 0.5) is 19.0 Å². The van der Waals surface area contributed by atoms with Crippen molar-refractivity contribution in [3.63, 3.8) is 0 Å². The minimum atomic E-state index is -4.36. The van der Waals surface area contributed by atoms with Gasteiger partial charge in [0, 0.05) is 20.1 Å². The topological polar surface area (TPSA) is 67.4 Å². The second-order valence-electron chi connectivity index (χ2n) is 5.78. The highest BCUT2D eigenvalue weighted by atomic mass is 19.4. The molecule has 9 heteroatoms. The third-order valence-corrected chi connectivity index (χ3v) is 4.11. The van der Waals surface area contributed by atoms with Crippen LogP contribution in [0.2, 0.25) is 0 Å². The molecule has 1 atom stereocenters. The van der Waals surface area contributed by atoms with Crippen molar-refractivity contribution in [1.29, 1.82) is 0 Å². The molecule has 1 saturated heterocycles. The summed E-state index contributed by atoms with van der Waals surface area (Å²) in [6.45, 7) is 1.41. The average Bonchev–Trinajstić information content (AvgIpc) is 2.67. The van der Waals surface area contributed by atoms with Crippen molar-refractivity contribution in [1.82, 2.24) is 15.5 Å². The predicted octanol–water partition coefficient (Wildman–Crippen LogP) is 2.43. The number of carbonyl (C=O) groups excluding carboxylic acids is 1. The van der Waals surface area contributed by atoms with E-state index in [1.807, 2.05) is 4.90 Å². The van der Waals surface area contributed by atoms with E-state index in [0.29, 0.717) is 31.1 Å². The van der Waals surface area contributed by atoms with Gasteiger partial charge in [0.25, 0.3) is 5.91 Å². The van der Waals surface area contributed by atoms with Gasteiger partial charge in [-0.15, -0.1) is 10.2 Å². The second-order valence-corrected chi connectivity index (χ2v) is 5.78. The van der Waals surface area contributed by atoms with Gasteiger partial charge in [0.2, 0.25) is 0 Å². The number of nitrogens with zero attached hydrogens (tertiary/aromatic N) is 3. The van der Waals surface area contributed by atoms with E-state index < -0.39 is 11.7 Å². The van der Waals surface area contributed by atoms with Gasteiger partial charge in [-0.2, -0.15) is 13.2 Å². The fraction of sp³-hybridized carbons (Fsp3) is 0.353. The first-order valence-electron chi connectivity index (χ1n) is 7.98. The number of amides is 1. The smallest absolute Gasteiger partial charge is 0.370 e. The second kappa shape index (κ2) is 7.28. The summed E-state index contributed by atoms with van der Waals surface area (Å²) in [5.41, 5.74) is 0.186. The van der Waals surface area contributed by atoms with Crippen molar-refractivity contribution >= 4 is 11.7 Å². The summed E-state index contributed by atoms with van der Waals surface area (Å²) in [6.07, 6.45) is -4.73. The highest BCUT2D eigenvalue weighted by Crippen LogP contribution is 2.31. The minimum absolute atomic E-state index is 0.212. The number of nitrogens with one attached hydrogen (secondary N) is 1. The number of aromatic nitrogens is 2. The number of morpholine rings is 1. The van der Waals surface area contributed by atoms with E-state index in [-0.39, 0.29) is 17.7 Å². The third-order valence-electron chi connectivity index (χ3n) is 4.11. The first kappa shape index (κ1) is 18.1. The van der Waals surface area contributed by atoms with Crippen LogP contribution < -0.4 is 10.2 Å². The Morgan fingerprint density at radius 3 is 2.50 bits per heavy atom. The van der Waals surface area contributed by atoms with E-state index in [2.05, 4.69) is 15.5 Å². The molecule has 1 amide bonds. The molecule has 0 bridgehead atoms. The maximum absolute atomic E-state index is 12.7. The van der Waals surface area contributed by atoms with Crippen molar-refractivity contribution in [2.24, 2.45) is 0 Å². The molecule has 6 nitrogen and oxygen atoms in total. The van der Waals surface area contributed by atoms with Crippen LogP contribution in [0.15, 0.2) is 36.4 Å². The molecule has 1 aliphatic heterocycles. The molecule has 2 aromatic rings. The molecule has 1 N–H and O–H groups in total. The van der Waals surface area contributed by atoms with Crippen molar-refractivity contribution in [2.45, 2.75) is 12.3 Å². The summed E-state index contributed by atoms with van der Waals surface area (Å²) in [5, 5.41) is 10.4. The van der Waals surface area contributed by atoms with Crippen molar-refractivity contribution in [3.05, 3.63) is 53.2 Å². The van der Waals surface area contributed by atoms with E-state index in [9.17, 15) is 18.0 Å². The lowest BCUT2D eigenvalue weighted by molar-refractivity contribution is -0.137. The molecular weight excluding hydrogens is 349 g/mol. The monoisotopic (exact) mass is 366 g/mol. The summed E-state index contributed by atoms with van der Waals surface area (Å²) in [5.74, 6) is 0.256. The van der Waals surface area contributed by atoms with Crippen LogP contribution in [-0.2, 0) is 10.9 Å². The minimum Gasteiger partial charge on any atom is -0.370 e. The van der Waals surface area contributed by atoms with E-state index in [4.69, 9.17) is 4.74 Å². The van der Waals surface area contributed by atoms with Gasteiger partial charge in [0.15, 0.2) is 11.5 Å². The Morgan fingerprint density at radius 2 is 1.92 bits per heavy atom. The number of benzene rings is 1.